The third kappa shape index (κ3) is 5.33. The summed E-state index contributed by atoms with van der Waals surface area (Å²) in [7, 11) is 1.50. The van der Waals surface area contributed by atoms with Gasteiger partial charge in [0.15, 0.2) is 12.9 Å². The first-order valence-corrected chi connectivity index (χ1v) is 8.97. The molecule has 7 heteroatoms. The van der Waals surface area contributed by atoms with Crippen molar-refractivity contribution in [1.82, 2.24) is 4.90 Å². The summed E-state index contributed by atoms with van der Waals surface area (Å²) in [6, 6.07) is 11.4. The van der Waals surface area contributed by atoms with Gasteiger partial charge >= 0.3 is 0 Å². The molecule has 148 valence electrons. The van der Waals surface area contributed by atoms with Crippen molar-refractivity contribution in [2.75, 3.05) is 32.1 Å². The zero-order valence-corrected chi connectivity index (χ0v) is 16.2. The number of ether oxygens (including phenoxy) is 2. The average Bonchev–Trinajstić information content (AvgIpc) is 2.73. The van der Waals surface area contributed by atoms with Crippen molar-refractivity contribution in [3.05, 3.63) is 53.6 Å². The number of hydrogen-bond acceptors (Lipinski definition) is 5. The van der Waals surface area contributed by atoms with Crippen molar-refractivity contribution in [2.45, 2.75) is 13.8 Å². The maximum absolute atomic E-state index is 12.3. The lowest BCUT2D eigenvalue weighted by Gasteiger charge is -2.18. The number of amides is 2. The van der Waals surface area contributed by atoms with Gasteiger partial charge in [-0.1, -0.05) is 0 Å². The number of nitrogens with one attached hydrogen (secondary N) is 1. The van der Waals surface area contributed by atoms with Gasteiger partial charge in [-0.05, 0) is 56.3 Å². The Bertz CT molecular complexity index is 829. The molecule has 2 amide bonds. The number of anilines is 1. The van der Waals surface area contributed by atoms with Gasteiger partial charge in [0.2, 0.25) is 0 Å². The molecule has 0 aliphatic heterocycles. The van der Waals surface area contributed by atoms with Crippen LogP contribution < -0.4 is 14.8 Å². The lowest BCUT2D eigenvalue weighted by molar-refractivity contribution is -0.118. The van der Waals surface area contributed by atoms with Gasteiger partial charge < -0.3 is 19.7 Å². The van der Waals surface area contributed by atoms with Crippen LogP contribution >= 0.6 is 0 Å². The SMILES string of the molecule is CCN(CC)C(=O)c1ccc(NC(=O)COc2ccc(OC)cc2C=O)cc1. The maximum Gasteiger partial charge on any atom is 0.262 e. The van der Waals surface area contributed by atoms with Gasteiger partial charge in [-0.2, -0.15) is 0 Å². The fraction of sp³-hybridized carbons (Fsp3) is 0.286. The molecule has 0 atom stereocenters. The van der Waals surface area contributed by atoms with Gasteiger partial charge in [-0.25, -0.2) is 0 Å². The van der Waals surface area contributed by atoms with Crippen LogP contribution in [0.1, 0.15) is 34.6 Å². The second kappa shape index (κ2) is 10.1. The normalized spacial score (nSPS) is 10.1. The Kier molecular flexibility index (Phi) is 7.56. The highest BCUT2D eigenvalue weighted by Gasteiger charge is 2.13. The second-order valence-corrected chi connectivity index (χ2v) is 5.91. The van der Waals surface area contributed by atoms with E-state index in [-0.39, 0.29) is 18.4 Å². The Morgan fingerprint density at radius 1 is 1.07 bits per heavy atom. The van der Waals surface area contributed by atoms with E-state index in [1.807, 2.05) is 13.8 Å². The van der Waals surface area contributed by atoms with E-state index in [4.69, 9.17) is 9.47 Å². The molecule has 28 heavy (non-hydrogen) atoms. The zero-order valence-electron chi connectivity index (χ0n) is 16.2. The van der Waals surface area contributed by atoms with Crippen molar-refractivity contribution in [3.8, 4) is 11.5 Å². The van der Waals surface area contributed by atoms with Crippen LogP contribution in [0.4, 0.5) is 5.69 Å². The fourth-order valence-electron chi connectivity index (χ4n) is 2.61. The largest absolute Gasteiger partial charge is 0.497 e. The van der Waals surface area contributed by atoms with Crippen molar-refractivity contribution >= 4 is 23.8 Å². The lowest BCUT2D eigenvalue weighted by atomic mass is 10.1. The molecule has 1 N–H and O–H groups in total. The van der Waals surface area contributed by atoms with Crippen molar-refractivity contribution in [1.29, 1.82) is 0 Å². The minimum Gasteiger partial charge on any atom is -0.497 e. The van der Waals surface area contributed by atoms with Gasteiger partial charge in [0, 0.05) is 24.3 Å². The number of methoxy groups -OCH3 is 1. The van der Waals surface area contributed by atoms with E-state index in [1.165, 1.54) is 13.2 Å². The summed E-state index contributed by atoms with van der Waals surface area (Å²) in [6.45, 7) is 4.87. The van der Waals surface area contributed by atoms with E-state index in [1.54, 1.807) is 41.3 Å². The van der Waals surface area contributed by atoms with Crippen molar-refractivity contribution in [3.63, 3.8) is 0 Å². The molecule has 0 aromatic heterocycles. The molecule has 2 rings (SSSR count). The molecular formula is C21H24N2O5. The summed E-state index contributed by atoms with van der Waals surface area (Å²) in [6.07, 6.45) is 0.640. The zero-order chi connectivity index (χ0) is 20.5. The molecule has 2 aromatic rings. The Hall–Kier alpha value is -3.35. The fourth-order valence-corrected chi connectivity index (χ4v) is 2.61. The molecule has 0 saturated carbocycles. The Labute approximate surface area is 164 Å². The van der Waals surface area contributed by atoms with Crippen molar-refractivity contribution in [2.24, 2.45) is 0 Å². The van der Waals surface area contributed by atoms with Crippen LogP contribution in [0.15, 0.2) is 42.5 Å². The number of rotatable bonds is 9. The van der Waals surface area contributed by atoms with Crippen LogP contribution in [0.5, 0.6) is 11.5 Å². The molecule has 0 unspecified atom stereocenters. The summed E-state index contributed by atoms with van der Waals surface area (Å²) in [4.78, 5) is 37.3. The molecule has 7 nitrogen and oxygen atoms in total. The van der Waals surface area contributed by atoms with Crippen LogP contribution in [0.2, 0.25) is 0 Å². The van der Waals surface area contributed by atoms with Crippen molar-refractivity contribution < 1.29 is 23.9 Å². The van der Waals surface area contributed by atoms with E-state index >= 15 is 0 Å². The highest BCUT2D eigenvalue weighted by Crippen LogP contribution is 2.22. The minimum atomic E-state index is -0.379. The van der Waals surface area contributed by atoms with Crippen LogP contribution in [-0.4, -0.2) is 49.8 Å². The molecule has 2 aromatic carbocycles. The number of benzene rings is 2. The molecule has 0 fully saturated rings. The van der Waals surface area contributed by atoms with E-state index in [0.717, 1.165) is 0 Å². The number of nitrogens with zero attached hydrogens (tertiary/aromatic N) is 1. The van der Waals surface area contributed by atoms with E-state index in [0.29, 0.717) is 47.7 Å². The Balaban J connectivity index is 1.95. The van der Waals surface area contributed by atoms with E-state index in [2.05, 4.69) is 5.32 Å². The van der Waals surface area contributed by atoms with Gasteiger partial charge in [0.05, 0.1) is 12.7 Å². The molecule has 0 heterocycles. The molecule has 0 bridgehead atoms. The third-order valence-electron chi connectivity index (χ3n) is 4.17. The summed E-state index contributed by atoms with van der Waals surface area (Å²) in [5.41, 5.74) is 1.41. The smallest absolute Gasteiger partial charge is 0.262 e. The topological polar surface area (TPSA) is 84.9 Å². The van der Waals surface area contributed by atoms with Gasteiger partial charge in [0.25, 0.3) is 11.8 Å². The molecular weight excluding hydrogens is 360 g/mol. The van der Waals surface area contributed by atoms with E-state index in [9.17, 15) is 14.4 Å². The molecule has 0 aliphatic carbocycles. The Morgan fingerprint density at radius 3 is 2.32 bits per heavy atom. The minimum absolute atomic E-state index is 0.0490. The van der Waals surface area contributed by atoms with Gasteiger partial charge in [0.1, 0.15) is 11.5 Å². The summed E-state index contributed by atoms with van der Waals surface area (Å²) in [5, 5.41) is 2.69. The van der Waals surface area contributed by atoms with Gasteiger partial charge in [-0.3, -0.25) is 14.4 Å². The molecule has 0 radical (unpaired) electrons. The van der Waals surface area contributed by atoms with Crippen LogP contribution in [0.3, 0.4) is 0 Å². The number of carbonyl (C=O) groups is 3. The molecule has 0 aliphatic rings. The first-order valence-electron chi connectivity index (χ1n) is 8.97. The standard InChI is InChI=1S/C21H24N2O5/c1-4-23(5-2)21(26)15-6-8-17(9-7-15)22-20(25)14-28-19-11-10-18(27-3)12-16(19)13-24/h6-13H,4-5,14H2,1-3H3,(H,22,25). The lowest BCUT2D eigenvalue weighted by Crippen LogP contribution is -2.30. The highest BCUT2D eigenvalue weighted by molar-refractivity contribution is 5.96. The third-order valence-corrected chi connectivity index (χ3v) is 4.17. The second-order valence-electron chi connectivity index (χ2n) is 5.91. The summed E-state index contributed by atoms with van der Waals surface area (Å²) < 4.78 is 10.5. The summed E-state index contributed by atoms with van der Waals surface area (Å²) in [5.74, 6) is 0.395. The first kappa shape index (κ1) is 21.0. The maximum atomic E-state index is 12.3. The number of carbonyl (C=O) groups excluding carboxylic acids is 3. The Morgan fingerprint density at radius 2 is 1.75 bits per heavy atom. The highest BCUT2D eigenvalue weighted by atomic mass is 16.5. The number of hydrogen-bond donors (Lipinski definition) is 1. The monoisotopic (exact) mass is 384 g/mol. The van der Waals surface area contributed by atoms with Crippen LogP contribution in [0.25, 0.3) is 0 Å². The quantitative estimate of drug-likeness (QED) is 0.672. The summed E-state index contributed by atoms with van der Waals surface area (Å²) >= 11 is 0. The van der Waals surface area contributed by atoms with E-state index < -0.39 is 0 Å². The predicted octanol–water partition coefficient (Wildman–Crippen LogP) is 3.01. The predicted molar refractivity (Wildman–Crippen MR) is 106 cm³/mol. The first-order chi connectivity index (χ1) is 13.5. The van der Waals surface area contributed by atoms with Crippen LogP contribution in [-0.2, 0) is 4.79 Å². The average molecular weight is 384 g/mol. The number of aldehydes is 1. The van der Waals surface area contributed by atoms with Crippen LogP contribution in [0, 0.1) is 0 Å². The molecule has 0 saturated heterocycles. The van der Waals surface area contributed by atoms with Gasteiger partial charge in [-0.15, -0.1) is 0 Å². The molecule has 0 spiro atoms.